The van der Waals surface area contributed by atoms with Crippen LogP contribution in [0.25, 0.3) is 16.7 Å². The first-order valence-corrected chi connectivity index (χ1v) is 19.3. The third-order valence-corrected chi connectivity index (χ3v) is 12.2. The van der Waals surface area contributed by atoms with Gasteiger partial charge in [-0.2, -0.15) is 0 Å². The van der Waals surface area contributed by atoms with E-state index in [-0.39, 0.29) is 0 Å². The molecule has 3 aromatic rings. The van der Waals surface area contributed by atoms with Gasteiger partial charge in [-0.15, -0.1) is 11.6 Å². The molecule has 9 nitrogen and oxygen atoms in total. The molecule has 0 radical (unpaired) electrons. The molecular weight excluding hydrogens is 739 g/mol. The highest BCUT2D eigenvalue weighted by molar-refractivity contribution is 6.41. The van der Waals surface area contributed by atoms with Gasteiger partial charge in [0.1, 0.15) is 0 Å². The molecule has 2 aromatic heterocycles. The molecule has 6 aliphatic rings. The Balaban J connectivity index is 1.38. The Labute approximate surface area is 335 Å². The minimum Gasteiger partial charge on any atom is -0.377 e. The third kappa shape index (κ3) is 6.08. The molecular formula is C45H40Cl2N8O. The molecule has 0 saturated heterocycles. The molecule has 8 bridgehead atoms. The van der Waals surface area contributed by atoms with Crippen molar-refractivity contribution < 1.29 is 4.79 Å². The Morgan fingerprint density at radius 1 is 0.732 bits per heavy atom. The minimum absolute atomic E-state index is 0.657. The number of alkyl halides is 2. The number of carbonyl (C=O) groups excluding carboxylic acids is 1. The highest BCUT2D eigenvalue weighted by Gasteiger charge is 2.54. The van der Waals surface area contributed by atoms with Gasteiger partial charge in [-0.1, -0.05) is 42.0 Å². The van der Waals surface area contributed by atoms with Crippen LogP contribution in [0, 0.1) is 0 Å². The minimum atomic E-state index is -1.42. The van der Waals surface area contributed by atoms with Crippen LogP contribution >= 0.6 is 23.2 Å². The fourth-order valence-corrected chi connectivity index (χ4v) is 8.63. The lowest BCUT2D eigenvalue weighted by atomic mass is 9.85. The molecule has 0 saturated carbocycles. The Morgan fingerprint density at radius 3 is 2.05 bits per heavy atom. The Bertz CT molecular complexity index is 2660. The number of rotatable bonds is 6. The largest absolute Gasteiger partial charge is 0.377 e. The van der Waals surface area contributed by atoms with E-state index in [9.17, 15) is 4.79 Å². The molecule has 9 rings (SSSR count). The number of aliphatic imine (C=N–C) groups is 2. The van der Waals surface area contributed by atoms with Crippen LogP contribution in [0.15, 0.2) is 160 Å². The molecule has 280 valence electrons. The van der Waals surface area contributed by atoms with Gasteiger partial charge >= 0.3 is 0 Å². The molecule has 0 fully saturated rings. The van der Waals surface area contributed by atoms with E-state index in [4.69, 9.17) is 33.2 Å². The van der Waals surface area contributed by atoms with Crippen molar-refractivity contribution in [2.45, 2.75) is 9.87 Å². The van der Waals surface area contributed by atoms with Crippen LogP contribution in [-0.4, -0.2) is 88.3 Å². The maximum Gasteiger partial charge on any atom is 0.211 e. The second-order valence-electron chi connectivity index (χ2n) is 14.7. The summed E-state index contributed by atoms with van der Waals surface area (Å²) in [4.78, 5) is 33.3. The van der Waals surface area contributed by atoms with E-state index < -0.39 is 9.87 Å². The van der Waals surface area contributed by atoms with Gasteiger partial charge in [0, 0.05) is 85.3 Å². The van der Waals surface area contributed by atoms with Gasteiger partial charge in [0.25, 0.3) is 0 Å². The Hall–Kier alpha value is -6.03. The summed E-state index contributed by atoms with van der Waals surface area (Å²) in [5.74, 6) is 0. The SMILES string of the molecule is CN1C=CC(C2=c3ccc([nH]3)=C(C3=CCN(C)C=C3)C3=NC(Cl)(C=C3)C(Cl)(C3=CCN(C)C=C3)c3ccc([nH]3)C(c3cccc(NC=O)c3)=C3C=CC2=N3)=CC1. The van der Waals surface area contributed by atoms with Crippen LogP contribution in [0.4, 0.5) is 5.69 Å². The first kappa shape index (κ1) is 35.7. The number of fused-ring (bicyclic) bond motifs is 6. The summed E-state index contributed by atoms with van der Waals surface area (Å²) in [5.41, 5.74) is 10.9. The standard InChI is InChI=1S/C45H40Cl2N8O/c1-53-21-14-29(15-22-53)41-34-7-9-36(49-34)42(30-16-23-54(2)24-17-30)39-13-20-44(46,52-39)45(47,32-18-25-55(3)26-19-32)40-12-11-38(51-40)43(37-10-8-35(41)50-37)31-5-4-6-33(27-31)48-28-56/h4-21,23,25,27-28,49,51H,22,24,26H2,1-3H3,(H,48,56). The Morgan fingerprint density at radius 2 is 1.41 bits per heavy atom. The number of hydrogen-bond acceptors (Lipinski definition) is 6. The van der Waals surface area contributed by atoms with Gasteiger partial charge in [-0.25, -0.2) is 4.99 Å². The molecule has 2 atom stereocenters. The van der Waals surface area contributed by atoms with Gasteiger partial charge in [-0.3, -0.25) is 9.79 Å². The van der Waals surface area contributed by atoms with Crippen LogP contribution in [0.2, 0.25) is 0 Å². The second kappa shape index (κ2) is 13.9. The number of H-pyrrole nitrogens is 2. The lowest BCUT2D eigenvalue weighted by Gasteiger charge is -2.39. The number of halogens is 2. The van der Waals surface area contributed by atoms with Crippen LogP contribution < -0.4 is 16.0 Å². The number of aromatic nitrogens is 2. The number of allylic oxidation sites excluding steroid dienone is 8. The monoisotopic (exact) mass is 778 g/mol. The fraction of sp³-hybridized carbons (Fsp3) is 0.178. The summed E-state index contributed by atoms with van der Waals surface area (Å²) in [6.07, 6.45) is 27.7. The number of benzene rings is 1. The zero-order valence-electron chi connectivity index (χ0n) is 31.2. The average Bonchev–Trinajstić information content (AvgIpc) is 4.04. The maximum atomic E-state index is 11.5. The molecule has 0 spiro atoms. The lowest BCUT2D eigenvalue weighted by Crippen LogP contribution is -2.42. The first-order valence-electron chi connectivity index (χ1n) is 18.5. The number of amides is 1. The number of nitrogens with one attached hydrogen (secondary N) is 3. The van der Waals surface area contributed by atoms with Crippen molar-refractivity contribution in [3.8, 4) is 0 Å². The summed E-state index contributed by atoms with van der Waals surface area (Å²) in [6, 6.07) is 16.0. The van der Waals surface area contributed by atoms with Crippen LogP contribution in [0.5, 0.6) is 0 Å². The van der Waals surface area contributed by atoms with E-state index in [1.807, 2.05) is 73.9 Å². The topological polar surface area (TPSA) is 95.1 Å². The zero-order chi connectivity index (χ0) is 38.6. The molecule has 6 aliphatic heterocycles. The van der Waals surface area contributed by atoms with Crippen LogP contribution in [0.3, 0.4) is 0 Å². The van der Waals surface area contributed by atoms with E-state index in [2.05, 4.69) is 105 Å². The van der Waals surface area contributed by atoms with E-state index >= 15 is 0 Å². The summed E-state index contributed by atoms with van der Waals surface area (Å²) >= 11 is 15.9. The van der Waals surface area contributed by atoms with Gasteiger partial charge in [0.15, 0.2) is 9.87 Å². The second-order valence-corrected chi connectivity index (χ2v) is 15.8. The molecule has 11 heteroatoms. The zero-order valence-corrected chi connectivity index (χ0v) is 32.7. The summed E-state index contributed by atoms with van der Waals surface area (Å²) in [6.45, 7) is 2.17. The van der Waals surface area contributed by atoms with E-state index in [1.165, 1.54) is 0 Å². The molecule has 8 heterocycles. The van der Waals surface area contributed by atoms with Gasteiger partial charge in [0.2, 0.25) is 6.41 Å². The van der Waals surface area contributed by atoms with Gasteiger partial charge < -0.3 is 30.0 Å². The van der Waals surface area contributed by atoms with Crippen molar-refractivity contribution >= 4 is 63.4 Å². The molecule has 1 aromatic carbocycles. The van der Waals surface area contributed by atoms with Crippen molar-refractivity contribution in [3.05, 3.63) is 178 Å². The van der Waals surface area contributed by atoms with E-state index in [0.717, 1.165) is 85.6 Å². The van der Waals surface area contributed by atoms with E-state index in [0.29, 0.717) is 24.3 Å². The third-order valence-electron chi connectivity index (χ3n) is 10.9. The molecule has 3 N–H and O–H groups in total. The molecule has 56 heavy (non-hydrogen) atoms. The fourth-order valence-electron chi connectivity index (χ4n) is 7.91. The van der Waals surface area contributed by atoms with Crippen molar-refractivity contribution in [3.63, 3.8) is 0 Å². The molecule has 0 aliphatic carbocycles. The normalized spacial score (nSPS) is 24.1. The van der Waals surface area contributed by atoms with Crippen molar-refractivity contribution in [2.75, 3.05) is 46.1 Å². The summed E-state index contributed by atoms with van der Waals surface area (Å²) in [5, 5.41) is 4.62. The number of likely N-dealkylation sites (N-methyl/N-ethyl adjacent to an activating group) is 3. The van der Waals surface area contributed by atoms with E-state index in [1.54, 1.807) is 0 Å². The number of anilines is 1. The van der Waals surface area contributed by atoms with Gasteiger partial charge in [0.05, 0.1) is 17.1 Å². The highest BCUT2D eigenvalue weighted by atomic mass is 35.5. The predicted molar refractivity (Wildman–Crippen MR) is 229 cm³/mol. The highest BCUT2D eigenvalue weighted by Crippen LogP contribution is 2.54. The number of carbonyl (C=O) groups is 1. The number of hydrogen-bond donors (Lipinski definition) is 3. The first-order chi connectivity index (χ1) is 27.1. The maximum absolute atomic E-state index is 11.5. The predicted octanol–water partition coefficient (Wildman–Crippen LogP) is 6.23. The molecule has 2 unspecified atom stereocenters. The van der Waals surface area contributed by atoms with Gasteiger partial charge in [-0.05, 0) is 120 Å². The molecule has 1 amide bonds. The van der Waals surface area contributed by atoms with Crippen molar-refractivity contribution in [2.24, 2.45) is 9.98 Å². The van der Waals surface area contributed by atoms with Crippen molar-refractivity contribution in [1.82, 2.24) is 24.7 Å². The lowest BCUT2D eigenvalue weighted by molar-refractivity contribution is -0.105. The summed E-state index contributed by atoms with van der Waals surface area (Å²) < 4.78 is 0. The van der Waals surface area contributed by atoms with Crippen LogP contribution in [0.1, 0.15) is 17.0 Å². The quantitative estimate of drug-likeness (QED) is 0.157. The summed E-state index contributed by atoms with van der Waals surface area (Å²) in [7, 11) is 6.13. The smallest absolute Gasteiger partial charge is 0.211 e. The van der Waals surface area contributed by atoms with Crippen molar-refractivity contribution in [1.29, 1.82) is 0 Å². The number of nitrogens with zero attached hydrogens (tertiary/aromatic N) is 5. The average molecular weight is 780 g/mol. The van der Waals surface area contributed by atoms with Crippen LogP contribution in [-0.2, 0) is 9.67 Å². The Kier molecular flexibility index (Phi) is 8.86. The number of aromatic amines is 2.